The van der Waals surface area contributed by atoms with Crippen molar-refractivity contribution in [2.24, 2.45) is 0 Å². The second kappa shape index (κ2) is 6.56. The molecule has 0 aliphatic heterocycles. The van der Waals surface area contributed by atoms with Crippen LogP contribution in [0.1, 0.15) is 24.1 Å². The molecule has 0 aromatic carbocycles. The van der Waals surface area contributed by atoms with E-state index in [-0.39, 0.29) is 6.42 Å². The minimum Gasteiger partial charge on any atom is -0.481 e. The van der Waals surface area contributed by atoms with Crippen molar-refractivity contribution in [1.29, 1.82) is 0 Å². The number of aliphatic carboxylic acids is 1. The van der Waals surface area contributed by atoms with Gasteiger partial charge >= 0.3 is 5.97 Å². The van der Waals surface area contributed by atoms with Crippen molar-refractivity contribution in [1.82, 2.24) is 20.0 Å². The molecule has 0 radical (unpaired) electrons. The van der Waals surface area contributed by atoms with Gasteiger partial charge in [-0.1, -0.05) is 5.21 Å². The number of hydrogen-bond acceptors (Lipinski definition) is 4. The Labute approximate surface area is 122 Å². The van der Waals surface area contributed by atoms with Crippen molar-refractivity contribution in [2.75, 3.05) is 0 Å². The monoisotopic (exact) mass is 342 g/mol. The number of hydrogen-bond donors (Lipinski definition) is 1. The lowest BCUT2D eigenvalue weighted by Gasteiger charge is -2.02. The fourth-order valence-corrected chi connectivity index (χ4v) is 2.11. The number of rotatable bonds is 6. The number of pyridine rings is 1. The van der Waals surface area contributed by atoms with E-state index >= 15 is 0 Å². The smallest absolute Gasteiger partial charge is 0.303 e. The Kier molecular flexibility index (Phi) is 4.78. The number of carboxylic acid groups (broad SMARTS) is 1. The molecule has 20 heavy (non-hydrogen) atoms. The third kappa shape index (κ3) is 4.09. The molecule has 2 rings (SSSR count). The Hall–Kier alpha value is -1.83. The molecule has 0 unspecified atom stereocenters. The van der Waals surface area contributed by atoms with Crippen molar-refractivity contribution in [3.05, 3.63) is 40.1 Å². The molecule has 0 saturated heterocycles. The maximum atomic E-state index is 12.9. The van der Waals surface area contributed by atoms with Crippen LogP contribution in [0.3, 0.4) is 0 Å². The molecule has 0 amide bonds. The summed E-state index contributed by atoms with van der Waals surface area (Å²) in [6.07, 6.45) is 2.95. The quantitative estimate of drug-likeness (QED) is 0.812. The van der Waals surface area contributed by atoms with Crippen LogP contribution in [0.5, 0.6) is 0 Å². The summed E-state index contributed by atoms with van der Waals surface area (Å²) in [5.74, 6) is -1.37. The third-order valence-corrected chi connectivity index (χ3v) is 3.32. The van der Waals surface area contributed by atoms with E-state index in [0.717, 1.165) is 11.3 Å². The molecule has 2 aromatic rings. The van der Waals surface area contributed by atoms with Crippen molar-refractivity contribution in [3.8, 4) is 0 Å². The molecule has 0 atom stereocenters. The Morgan fingerprint density at radius 2 is 2.25 bits per heavy atom. The fraction of sp³-hybridized carbons (Fsp3) is 0.333. The van der Waals surface area contributed by atoms with Crippen LogP contribution in [0.4, 0.5) is 4.39 Å². The summed E-state index contributed by atoms with van der Waals surface area (Å²) in [4.78, 5) is 14.1. The molecule has 106 valence electrons. The molecule has 2 heterocycles. The van der Waals surface area contributed by atoms with Gasteiger partial charge in [0.15, 0.2) is 0 Å². The molecular weight excluding hydrogens is 331 g/mol. The van der Waals surface area contributed by atoms with E-state index in [0.29, 0.717) is 24.0 Å². The lowest BCUT2D eigenvalue weighted by Crippen LogP contribution is -2.02. The molecular formula is C12H12BrFN4O2. The van der Waals surface area contributed by atoms with Gasteiger partial charge in [-0.25, -0.2) is 9.67 Å². The minimum absolute atomic E-state index is 0.111. The van der Waals surface area contributed by atoms with Crippen LogP contribution in [0.2, 0.25) is 0 Å². The van der Waals surface area contributed by atoms with E-state index < -0.39 is 11.9 Å². The van der Waals surface area contributed by atoms with Crippen LogP contribution >= 0.6 is 15.9 Å². The van der Waals surface area contributed by atoms with Gasteiger partial charge in [0, 0.05) is 18.2 Å². The summed E-state index contributed by atoms with van der Waals surface area (Å²) >= 11 is 3.19. The highest BCUT2D eigenvalue weighted by atomic mass is 79.9. The molecule has 6 nitrogen and oxygen atoms in total. The summed E-state index contributed by atoms with van der Waals surface area (Å²) in [6.45, 7) is 0.416. The average molecular weight is 343 g/mol. The summed E-state index contributed by atoms with van der Waals surface area (Å²) < 4.78 is 14.9. The van der Waals surface area contributed by atoms with Crippen LogP contribution in [-0.2, 0) is 17.8 Å². The van der Waals surface area contributed by atoms with Crippen molar-refractivity contribution >= 4 is 21.9 Å². The largest absolute Gasteiger partial charge is 0.481 e. The highest BCUT2D eigenvalue weighted by Crippen LogP contribution is 2.15. The van der Waals surface area contributed by atoms with Gasteiger partial charge in [0.25, 0.3) is 0 Å². The molecule has 8 heteroatoms. The number of aryl methyl sites for hydroxylation is 1. The lowest BCUT2D eigenvalue weighted by atomic mass is 10.2. The van der Waals surface area contributed by atoms with Crippen LogP contribution in [0.15, 0.2) is 22.9 Å². The summed E-state index contributed by atoms with van der Waals surface area (Å²) in [7, 11) is 0. The molecule has 0 fully saturated rings. The predicted molar refractivity (Wildman–Crippen MR) is 71.6 cm³/mol. The SMILES string of the molecule is O=C(O)CCCc1cn(Cc2ccc(F)nc2Br)nn1. The Morgan fingerprint density at radius 3 is 2.95 bits per heavy atom. The highest BCUT2D eigenvalue weighted by Gasteiger charge is 2.07. The Bertz CT molecular complexity index is 617. The van der Waals surface area contributed by atoms with E-state index in [2.05, 4.69) is 31.2 Å². The first-order valence-electron chi connectivity index (χ1n) is 5.96. The number of halogens is 2. The van der Waals surface area contributed by atoms with Gasteiger partial charge < -0.3 is 5.11 Å². The zero-order valence-corrected chi connectivity index (χ0v) is 12.0. The predicted octanol–water partition coefficient (Wildman–Crippen LogP) is 2.03. The first-order chi connectivity index (χ1) is 9.54. The standard InChI is InChI=1S/C12H12BrFN4O2/c13-12-8(4-5-10(14)15-12)6-18-7-9(16-17-18)2-1-3-11(19)20/h4-5,7H,1-3,6H2,(H,19,20). The van der Waals surface area contributed by atoms with Crippen molar-refractivity contribution < 1.29 is 14.3 Å². The normalized spacial score (nSPS) is 10.7. The molecule has 0 bridgehead atoms. The van der Waals surface area contributed by atoms with Gasteiger partial charge in [-0.15, -0.1) is 5.10 Å². The molecule has 0 aliphatic carbocycles. The van der Waals surface area contributed by atoms with Gasteiger partial charge in [-0.05, 0) is 40.9 Å². The third-order valence-electron chi connectivity index (χ3n) is 2.63. The van der Waals surface area contributed by atoms with Crippen LogP contribution < -0.4 is 0 Å². The Morgan fingerprint density at radius 1 is 1.45 bits per heavy atom. The summed E-state index contributed by atoms with van der Waals surface area (Å²) in [5, 5.41) is 16.5. The van der Waals surface area contributed by atoms with Gasteiger partial charge in [0.2, 0.25) is 5.95 Å². The molecule has 0 spiro atoms. The molecule has 0 aliphatic rings. The van der Waals surface area contributed by atoms with Crippen molar-refractivity contribution in [3.63, 3.8) is 0 Å². The van der Waals surface area contributed by atoms with Crippen LogP contribution in [0, 0.1) is 5.95 Å². The molecule has 2 aromatic heterocycles. The fourth-order valence-electron chi connectivity index (χ4n) is 1.68. The van der Waals surface area contributed by atoms with E-state index in [1.165, 1.54) is 6.07 Å². The average Bonchev–Trinajstić information content (AvgIpc) is 2.80. The summed E-state index contributed by atoms with van der Waals surface area (Å²) in [6, 6.07) is 2.91. The zero-order valence-electron chi connectivity index (χ0n) is 10.5. The van der Waals surface area contributed by atoms with Gasteiger partial charge in [-0.3, -0.25) is 4.79 Å². The van der Waals surface area contributed by atoms with Crippen LogP contribution in [0.25, 0.3) is 0 Å². The minimum atomic E-state index is -0.821. The number of nitrogens with zero attached hydrogens (tertiary/aromatic N) is 4. The van der Waals surface area contributed by atoms with E-state index in [1.54, 1.807) is 16.9 Å². The van der Waals surface area contributed by atoms with Crippen LogP contribution in [-0.4, -0.2) is 31.1 Å². The van der Waals surface area contributed by atoms with Gasteiger partial charge in [0.1, 0.15) is 4.60 Å². The number of carbonyl (C=O) groups is 1. The number of carboxylic acids is 1. The topological polar surface area (TPSA) is 80.9 Å². The first-order valence-corrected chi connectivity index (χ1v) is 6.75. The second-order valence-electron chi connectivity index (χ2n) is 4.24. The van der Waals surface area contributed by atoms with Gasteiger partial charge in [0.05, 0.1) is 12.2 Å². The second-order valence-corrected chi connectivity index (χ2v) is 4.99. The van der Waals surface area contributed by atoms with E-state index in [9.17, 15) is 9.18 Å². The van der Waals surface area contributed by atoms with Crippen molar-refractivity contribution in [2.45, 2.75) is 25.8 Å². The lowest BCUT2D eigenvalue weighted by molar-refractivity contribution is -0.137. The zero-order chi connectivity index (χ0) is 14.5. The number of aromatic nitrogens is 4. The van der Waals surface area contributed by atoms with Gasteiger partial charge in [-0.2, -0.15) is 4.39 Å². The maximum Gasteiger partial charge on any atom is 0.303 e. The molecule has 0 saturated carbocycles. The summed E-state index contributed by atoms with van der Waals surface area (Å²) in [5.41, 5.74) is 1.52. The Balaban J connectivity index is 1.97. The van der Waals surface area contributed by atoms with E-state index in [1.807, 2.05) is 0 Å². The highest BCUT2D eigenvalue weighted by molar-refractivity contribution is 9.10. The molecule has 1 N–H and O–H groups in total. The van der Waals surface area contributed by atoms with E-state index in [4.69, 9.17) is 5.11 Å². The first kappa shape index (κ1) is 14.6. The maximum absolute atomic E-state index is 12.9.